The zero-order valence-corrected chi connectivity index (χ0v) is 11.8. The molecular formula is C17H15N3O2. The molecule has 0 bridgehead atoms. The van der Waals surface area contributed by atoms with E-state index in [0.717, 1.165) is 16.5 Å². The summed E-state index contributed by atoms with van der Waals surface area (Å²) in [6.45, 7) is 0.523. The van der Waals surface area contributed by atoms with Crippen LogP contribution in [0.2, 0.25) is 0 Å². The summed E-state index contributed by atoms with van der Waals surface area (Å²) in [7, 11) is 0. The number of fused-ring (bicyclic) bond motifs is 1. The van der Waals surface area contributed by atoms with Gasteiger partial charge < -0.3 is 15.4 Å². The maximum absolute atomic E-state index is 11.4. The predicted octanol–water partition coefficient (Wildman–Crippen LogP) is 2.67. The molecule has 1 heterocycles. The molecule has 0 aliphatic rings. The van der Waals surface area contributed by atoms with Gasteiger partial charge in [-0.3, -0.25) is 5.41 Å². The number of carboxylic acids is 1. The van der Waals surface area contributed by atoms with E-state index in [9.17, 15) is 9.90 Å². The molecule has 1 aromatic heterocycles. The maximum atomic E-state index is 11.4. The maximum Gasteiger partial charge on any atom is 0.337 e. The minimum absolute atomic E-state index is 0.0189. The lowest BCUT2D eigenvalue weighted by atomic mass is 10.1. The van der Waals surface area contributed by atoms with Crippen LogP contribution in [0.4, 0.5) is 0 Å². The third kappa shape index (κ3) is 2.44. The van der Waals surface area contributed by atoms with Gasteiger partial charge in [-0.15, -0.1) is 0 Å². The van der Waals surface area contributed by atoms with Crippen molar-refractivity contribution in [3.63, 3.8) is 0 Å². The second kappa shape index (κ2) is 5.37. The van der Waals surface area contributed by atoms with Gasteiger partial charge in [0.2, 0.25) is 0 Å². The quantitative estimate of drug-likeness (QED) is 0.510. The second-order valence-corrected chi connectivity index (χ2v) is 5.11. The Bertz CT molecular complexity index is 880. The Morgan fingerprint density at radius 1 is 1.18 bits per heavy atom. The van der Waals surface area contributed by atoms with Crippen LogP contribution in [-0.4, -0.2) is 21.5 Å². The molecule has 0 amide bonds. The molecule has 5 heteroatoms. The molecule has 22 heavy (non-hydrogen) atoms. The van der Waals surface area contributed by atoms with E-state index < -0.39 is 5.97 Å². The highest BCUT2D eigenvalue weighted by Gasteiger charge is 2.13. The number of amidine groups is 1. The van der Waals surface area contributed by atoms with Gasteiger partial charge in [0.15, 0.2) is 0 Å². The van der Waals surface area contributed by atoms with Crippen molar-refractivity contribution < 1.29 is 9.90 Å². The van der Waals surface area contributed by atoms with E-state index >= 15 is 0 Å². The first-order valence-electron chi connectivity index (χ1n) is 6.81. The lowest BCUT2D eigenvalue weighted by Crippen LogP contribution is -2.11. The summed E-state index contributed by atoms with van der Waals surface area (Å²) in [5.41, 5.74) is 8.29. The van der Waals surface area contributed by atoms with Gasteiger partial charge in [-0.25, -0.2) is 4.79 Å². The van der Waals surface area contributed by atoms with Gasteiger partial charge in [0.1, 0.15) is 5.84 Å². The van der Waals surface area contributed by atoms with Crippen LogP contribution in [0, 0.1) is 5.41 Å². The van der Waals surface area contributed by atoms with Crippen molar-refractivity contribution in [2.24, 2.45) is 5.73 Å². The molecule has 0 saturated carbocycles. The third-order valence-corrected chi connectivity index (χ3v) is 3.61. The molecule has 3 aromatic rings. The SMILES string of the molecule is N=C(N)c1cccc(Cn2cc(C(=O)O)c3ccccc32)c1. The molecule has 0 fully saturated rings. The van der Waals surface area contributed by atoms with Crippen molar-refractivity contribution in [1.29, 1.82) is 5.41 Å². The van der Waals surface area contributed by atoms with Crippen LogP contribution in [0.5, 0.6) is 0 Å². The number of nitrogens with zero attached hydrogens (tertiary/aromatic N) is 1. The first-order valence-corrected chi connectivity index (χ1v) is 6.81. The van der Waals surface area contributed by atoms with Crippen LogP contribution in [0.1, 0.15) is 21.5 Å². The van der Waals surface area contributed by atoms with E-state index in [2.05, 4.69) is 0 Å². The first-order chi connectivity index (χ1) is 10.6. The number of nitrogen functional groups attached to an aromatic ring is 1. The van der Waals surface area contributed by atoms with Crippen molar-refractivity contribution >= 4 is 22.7 Å². The Morgan fingerprint density at radius 2 is 1.95 bits per heavy atom. The Balaban J connectivity index is 2.06. The van der Waals surface area contributed by atoms with Crippen LogP contribution in [-0.2, 0) is 6.54 Å². The number of rotatable bonds is 4. The molecule has 0 spiro atoms. The van der Waals surface area contributed by atoms with Crippen molar-refractivity contribution in [3.8, 4) is 0 Å². The fourth-order valence-corrected chi connectivity index (χ4v) is 2.58. The van der Waals surface area contributed by atoms with E-state index in [1.54, 1.807) is 18.3 Å². The Hall–Kier alpha value is -3.08. The fourth-order valence-electron chi connectivity index (χ4n) is 2.58. The monoisotopic (exact) mass is 293 g/mol. The molecule has 2 aromatic carbocycles. The van der Waals surface area contributed by atoms with E-state index in [1.165, 1.54) is 0 Å². The van der Waals surface area contributed by atoms with Crippen LogP contribution in [0.15, 0.2) is 54.7 Å². The third-order valence-electron chi connectivity index (χ3n) is 3.61. The molecule has 0 radical (unpaired) electrons. The minimum Gasteiger partial charge on any atom is -0.478 e. The summed E-state index contributed by atoms with van der Waals surface area (Å²) >= 11 is 0. The number of carbonyl (C=O) groups is 1. The normalized spacial score (nSPS) is 10.7. The smallest absolute Gasteiger partial charge is 0.337 e. The van der Waals surface area contributed by atoms with Crippen molar-refractivity contribution in [2.75, 3.05) is 0 Å². The number of hydrogen-bond donors (Lipinski definition) is 3. The Morgan fingerprint density at radius 3 is 2.68 bits per heavy atom. The highest BCUT2D eigenvalue weighted by molar-refractivity contribution is 6.03. The summed E-state index contributed by atoms with van der Waals surface area (Å²) < 4.78 is 1.90. The van der Waals surface area contributed by atoms with E-state index in [4.69, 9.17) is 11.1 Å². The average molecular weight is 293 g/mol. The number of carboxylic acid groups (broad SMARTS) is 1. The van der Waals surface area contributed by atoms with Crippen LogP contribution in [0.25, 0.3) is 10.9 Å². The number of para-hydroxylation sites is 1. The van der Waals surface area contributed by atoms with Crippen molar-refractivity contribution in [2.45, 2.75) is 6.54 Å². The Kier molecular flexibility index (Phi) is 3.39. The van der Waals surface area contributed by atoms with Crippen LogP contribution in [0.3, 0.4) is 0 Å². The van der Waals surface area contributed by atoms with Gasteiger partial charge in [-0.1, -0.05) is 36.4 Å². The summed E-state index contributed by atoms with van der Waals surface area (Å²) in [5.74, 6) is -0.919. The topological polar surface area (TPSA) is 92.1 Å². The second-order valence-electron chi connectivity index (χ2n) is 5.11. The van der Waals surface area contributed by atoms with Gasteiger partial charge in [0.25, 0.3) is 0 Å². The number of benzene rings is 2. The van der Waals surface area contributed by atoms with Gasteiger partial charge in [0.05, 0.1) is 5.56 Å². The number of nitrogens with two attached hydrogens (primary N) is 1. The van der Waals surface area contributed by atoms with Crippen LogP contribution >= 0.6 is 0 Å². The number of aromatic nitrogens is 1. The van der Waals surface area contributed by atoms with E-state index in [0.29, 0.717) is 17.7 Å². The van der Waals surface area contributed by atoms with E-state index in [1.807, 2.05) is 41.0 Å². The molecular weight excluding hydrogens is 278 g/mol. The van der Waals surface area contributed by atoms with Crippen molar-refractivity contribution in [3.05, 3.63) is 71.4 Å². The number of nitrogens with one attached hydrogen (secondary N) is 1. The van der Waals surface area contributed by atoms with E-state index in [-0.39, 0.29) is 5.84 Å². The summed E-state index contributed by atoms with van der Waals surface area (Å²) in [4.78, 5) is 11.4. The highest BCUT2D eigenvalue weighted by atomic mass is 16.4. The fraction of sp³-hybridized carbons (Fsp3) is 0.0588. The molecule has 4 N–H and O–H groups in total. The molecule has 3 rings (SSSR count). The molecule has 110 valence electrons. The summed E-state index contributed by atoms with van der Waals surface area (Å²) in [6.07, 6.45) is 1.65. The summed E-state index contributed by atoms with van der Waals surface area (Å²) in [6, 6.07) is 14.8. The zero-order valence-electron chi connectivity index (χ0n) is 11.8. The molecule has 0 aliphatic heterocycles. The van der Waals surface area contributed by atoms with Gasteiger partial charge >= 0.3 is 5.97 Å². The first kappa shape index (κ1) is 13.9. The molecule has 0 saturated heterocycles. The summed E-state index contributed by atoms with van der Waals surface area (Å²) in [5, 5.41) is 17.5. The minimum atomic E-state index is -0.938. The number of aromatic carboxylic acids is 1. The molecule has 0 aliphatic carbocycles. The zero-order chi connectivity index (χ0) is 15.7. The predicted molar refractivity (Wildman–Crippen MR) is 85.5 cm³/mol. The highest BCUT2D eigenvalue weighted by Crippen LogP contribution is 2.22. The number of hydrogen-bond acceptors (Lipinski definition) is 2. The van der Waals surface area contributed by atoms with Gasteiger partial charge in [-0.2, -0.15) is 0 Å². The largest absolute Gasteiger partial charge is 0.478 e. The molecule has 0 atom stereocenters. The van der Waals surface area contributed by atoms with Gasteiger partial charge in [-0.05, 0) is 17.7 Å². The standard InChI is InChI=1S/C17H15N3O2/c18-16(19)12-5-3-4-11(8-12)9-20-10-14(17(21)22)13-6-1-2-7-15(13)20/h1-8,10H,9H2,(H3,18,19)(H,21,22). The average Bonchev–Trinajstić information content (AvgIpc) is 2.87. The van der Waals surface area contributed by atoms with Crippen LogP contribution < -0.4 is 5.73 Å². The molecule has 0 unspecified atom stereocenters. The molecule has 5 nitrogen and oxygen atoms in total. The van der Waals surface area contributed by atoms with Crippen molar-refractivity contribution in [1.82, 2.24) is 4.57 Å². The van der Waals surface area contributed by atoms with Gasteiger partial charge in [0, 0.05) is 29.2 Å². The lowest BCUT2D eigenvalue weighted by molar-refractivity contribution is 0.0699. The Labute approximate surface area is 127 Å². The lowest BCUT2D eigenvalue weighted by Gasteiger charge is -2.07.